The van der Waals surface area contributed by atoms with Crippen molar-refractivity contribution in [3.63, 3.8) is 0 Å². The van der Waals surface area contributed by atoms with Gasteiger partial charge >= 0.3 is 6.18 Å². The molecule has 158 valence electrons. The lowest BCUT2D eigenvalue weighted by Crippen LogP contribution is -2.44. The number of alkyl halides is 3. The first-order valence-corrected chi connectivity index (χ1v) is 8.94. The molecule has 0 unspecified atom stereocenters. The van der Waals surface area contributed by atoms with Gasteiger partial charge in [-0.2, -0.15) is 13.2 Å². The fourth-order valence-electron chi connectivity index (χ4n) is 3.02. The van der Waals surface area contributed by atoms with Crippen LogP contribution in [-0.4, -0.2) is 49.1 Å². The second kappa shape index (κ2) is 10.1. The maximum absolute atomic E-state index is 13.2. The first kappa shape index (κ1) is 23.2. The van der Waals surface area contributed by atoms with Crippen molar-refractivity contribution in [3.05, 3.63) is 53.7 Å². The Bertz CT molecular complexity index is 820. The minimum Gasteiger partial charge on any atom is -0.370 e. The number of nitrogens with zero attached hydrogens (tertiary/aromatic N) is 4. The Balaban J connectivity index is 0.00000300. The zero-order valence-corrected chi connectivity index (χ0v) is 18.3. The molecule has 1 saturated heterocycles. The van der Waals surface area contributed by atoms with Gasteiger partial charge in [0.2, 0.25) is 0 Å². The van der Waals surface area contributed by atoms with E-state index in [0.717, 1.165) is 44.0 Å². The smallest absolute Gasteiger partial charge is 0.370 e. The monoisotopic (exact) mass is 520 g/mol. The van der Waals surface area contributed by atoms with Gasteiger partial charge in [-0.25, -0.2) is 9.98 Å². The van der Waals surface area contributed by atoms with Crippen molar-refractivity contribution in [2.45, 2.75) is 12.7 Å². The fourth-order valence-corrected chi connectivity index (χ4v) is 3.02. The number of piperazine rings is 1. The molecule has 0 amide bonds. The van der Waals surface area contributed by atoms with E-state index in [2.05, 4.69) is 25.1 Å². The number of benzene rings is 1. The Morgan fingerprint density at radius 2 is 1.90 bits per heavy atom. The Morgan fingerprint density at radius 3 is 2.52 bits per heavy atom. The van der Waals surface area contributed by atoms with Crippen LogP contribution in [0.15, 0.2) is 47.6 Å². The number of likely N-dealkylation sites (N-methyl/N-ethyl adjacent to an activating group) is 1. The largest absolute Gasteiger partial charge is 0.416 e. The number of hydrogen-bond acceptors (Lipinski definition) is 4. The minimum atomic E-state index is -4.41. The Kier molecular flexibility index (Phi) is 8.08. The van der Waals surface area contributed by atoms with Crippen LogP contribution < -0.4 is 16.0 Å². The van der Waals surface area contributed by atoms with Gasteiger partial charge in [0.05, 0.1) is 12.1 Å². The number of rotatable bonds is 4. The van der Waals surface area contributed by atoms with Gasteiger partial charge in [-0.15, -0.1) is 24.0 Å². The first-order valence-electron chi connectivity index (χ1n) is 8.94. The lowest BCUT2D eigenvalue weighted by Gasteiger charge is -2.35. The third-order valence-electron chi connectivity index (χ3n) is 4.59. The van der Waals surface area contributed by atoms with Gasteiger partial charge in [0, 0.05) is 38.1 Å². The summed E-state index contributed by atoms with van der Waals surface area (Å²) in [5.74, 6) is 0.618. The number of pyridine rings is 1. The molecule has 1 aliphatic heterocycles. The molecule has 1 aromatic heterocycles. The number of guanidine groups is 1. The molecule has 1 aromatic carbocycles. The highest BCUT2D eigenvalue weighted by atomic mass is 127. The van der Waals surface area contributed by atoms with Gasteiger partial charge < -0.3 is 20.9 Å². The normalized spacial score (nSPS) is 15.7. The molecule has 0 spiro atoms. The highest BCUT2D eigenvalue weighted by Gasteiger charge is 2.31. The van der Waals surface area contributed by atoms with Crippen LogP contribution in [-0.2, 0) is 12.7 Å². The van der Waals surface area contributed by atoms with Gasteiger partial charge in [-0.1, -0.05) is 6.07 Å². The zero-order chi connectivity index (χ0) is 20.1. The summed E-state index contributed by atoms with van der Waals surface area (Å²) in [5, 5.41) is 2.84. The lowest BCUT2D eigenvalue weighted by atomic mass is 10.1. The van der Waals surface area contributed by atoms with E-state index in [1.54, 1.807) is 24.4 Å². The molecule has 3 N–H and O–H groups in total. The second-order valence-corrected chi connectivity index (χ2v) is 6.67. The van der Waals surface area contributed by atoms with Crippen LogP contribution >= 0.6 is 24.0 Å². The molecular weight excluding hydrogens is 496 g/mol. The molecular formula is C19H24F3IN6. The van der Waals surface area contributed by atoms with Gasteiger partial charge in [0.15, 0.2) is 5.96 Å². The predicted octanol–water partition coefficient (Wildman–Crippen LogP) is 3.40. The Labute approximate surface area is 185 Å². The van der Waals surface area contributed by atoms with Crippen LogP contribution in [0.25, 0.3) is 0 Å². The number of nitrogens with two attached hydrogens (primary N) is 1. The molecule has 1 aliphatic rings. The van der Waals surface area contributed by atoms with Crippen molar-refractivity contribution in [3.8, 4) is 0 Å². The van der Waals surface area contributed by atoms with E-state index in [9.17, 15) is 13.2 Å². The number of aliphatic imine (C=N–C) groups is 1. The van der Waals surface area contributed by atoms with Gasteiger partial charge in [0.1, 0.15) is 5.82 Å². The summed E-state index contributed by atoms with van der Waals surface area (Å²) in [4.78, 5) is 12.6. The number of anilines is 2. The second-order valence-electron chi connectivity index (χ2n) is 6.67. The van der Waals surface area contributed by atoms with Gasteiger partial charge in [-0.3, -0.25) is 0 Å². The summed E-state index contributed by atoms with van der Waals surface area (Å²) >= 11 is 0. The van der Waals surface area contributed by atoms with E-state index >= 15 is 0 Å². The van der Waals surface area contributed by atoms with Crippen LogP contribution in [0.2, 0.25) is 0 Å². The Morgan fingerprint density at radius 1 is 1.17 bits per heavy atom. The molecule has 2 heterocycles. The quantitative estimate of drug-likeness (QED) is 0.368. The van der Waals surface area contributed by atoms with Crippen LogP contribution in [0, 0.1) is 0 Å². The van der Waals surface area contributed by atoms with Crippen LogP contribution in [0.1, 0.15) is 11.1 Å². The van der Waals surface area contributed by atoms with E-state index in [1.165, 1.54) is 6.07 Å². The molecule has 2 aromatic rings. The summed E-state index contributed by atoms with van der Waals surface area (Å²) in [6.45, 7) is 3.25. The zero-order valence-electron chi connectivity index (χ0n) is 16.0. The maximum Gasteiger partial charge on any atom is 0.416 e. The molecule has 0 radical (unpaired) electrons. The minimum absolute atomic E-state index is 0. The average Bonchev–Trinajstić information content (AvgIpc) is 2.67. The SMILES string of the molecule is CN1CCN(c2ccc(C(F)(F)F)cc2CN=C(N)Nc2ccccn2)CC1.I. The van der Waals surface area contributed by atoms with Crippen molar-refractivity contribution in [2.75, 3.05) is 43.4 Å². The summed E-state index contributed by atoms with van der Waals surface area (Å²) in [7, 11) is 2.03. The maximum atomic E-state index is 13.2. The van der Waals surface area contributed by atoms with Crippen molar-refractivity contribution in [1.82, 2.24) is 9.88 Å². The summed E-state index contributed by atoms with van der Waals surface area (Å²) < 4.78 is 39.5. The van der Waals surface area contributed by atoms with Crippen molar-refractivity contribution in [1.29, 1.82) is 0 Å². The lowest BCUT2D eigenvalue weighted by molar-refractivity contribution is -0.137. The third-order valence-corrected chi connectivity index (χ3v) is 4.59. The topological polar surface area (TPSA) is 69.8 Å². The molecule has 3 rings (SSSR count). The van der Waals surface area contributed by atoms with Crippen molar-refractivity contribution < 1.29 is 13.2 Å². The molecule has 6 nitrogen and oxygen atoms in total. The van der Waals surface area contributed by atoms with Crippen LogP contribution in [0.4, 0.5) is 24.7 Å². The van der Waals surface area contributed by atoms with E-state index in [1.807, 2.05) is 7.05 Å². The Hall–Kier alpha value is -2.08. The predicted molar refractivity (Wildman–Crippen MR) is 120 cm³/mol. The van der Waals surface area contributed by atoms with E-state index in [-0.39, 0.29) is 36.5 Å². The number of hydrogen-bond donors (Lipinski definition) is 2. The average molecular weight is 520 g/mol. The standard InChI is InChI=1S/C19H23F3N6.HI/c1-27-8-10-28(11-9-27)16-6-5-15(19(20,21)22)12-14(16)13-25-18(23)26-17-4-2-3-7-24-17;/h2-7,12H,8-11,13H2,1H3,(H3,23,24,25,26);1H. The molecule has 0 atom stereocenters. The molecule has 0 saturated carbocycles. The summed E-state index contributed by atoms with van der Waals surface area (Å²) in [6.07, 6.45) is -2.80. The van der Waals surface area contributed by atoms with Crippen LogP contribution in [0.5, 0.6) is 0 Å². The van der Waals surface area contributed by atoms with E-state index < -0.39 is 11.7 Å². The summed E-state index contributed by atoms with van der Waals surface area (Å²) in [6, 6.07) is 9.09. The fraction of sp³-hybridized carbons (Fsp3) is 0.368. The molecule has 29 heavy (non-hydrogen) atoms. The molecule has 10 heteroatoms. The van der Waals surface area contributed by atoms with Crippen LogP contribution in [0.3, 0.4) is 0 Å². The number of aromatic nitrogens is 1. The molecule has 0 aliphatic carbocycles. The van der Waals surface area contributed by atoms with E-state index in [4.69, 9.17) is 5.73 Å². The van der Waals surface area contributed by atoms with Gasteiger partial charge in [0.25, 0.3) is 0 Å². The van der Waals surface area contributed by atoms with E-state index in [0.29, 0.717) is 11.4 Å². The van der Waals surface area contributed by atoms with Crippen molar-refractivity contribution in [2.24, 2.45) is 10.7 Å². The highest BCUT2D eigenvalue weighted by molar-refractivity contribution is 14.0. The molecule has 1 fully saturated rings. The third kappa shape index (κ3) is 6.46. The van der Waals surface area contributed by atoms with Gasteiger partial charge in [-0.05, 0) is 42.9 Å². The van der Waals surface area contributed by atoms with Crippen molar-refractivity contribution >= 4 is 41.4 Å². The number of halogens is 4. The highest BCUT2D eigenvalue weighted by Crippen LogP contribution is 2.33. The molecule has 0 bridgehead atoms. The summed E-state index contributed by atoms with van der Waals surface area (Å²) in [5.41, 5.74) is 6.44. The first-order chi connectivity index (χ1) is 13.3. The number of nitrogens with one attached hydrogen (secondary N) is 1.